The molecule has 1 atom stereocenters. The molecule has 21 heavy (non-hydrogen) atoms. The Morgan fingerprint density at radius 1 is 1.14 bits per heavy atom. The summed E-state index contributed by atoms with van der Waals surface area (Å²) in [7, 11) is 0. The van der Waals surface area contributed by atoms with Crippen LogP contribution in [0.3, 0.4) is 0 Å². The highest BCUT2D eigenvalue weighted by Gasteiger charge is 2.15. The zero-order valence-corrected chi connectivity index (χ0v) is 13.0. The third-order valence-electron chi connectivity index (χ3n) is 3.54. The Morgan fingerprint density at radius 3 is 2.62 bits per heavy atom. The van der Waals surface area contributed by atoms with Crippen LogP contribution in [0.4, 0.5) is 4.39 Å². The second-order valence-corrected chi connectivity index (χ2v) is 5.63. The molecule has 0 aliphatic rings. The Balaban J connectivity index is 2.12. The summed E-state index contributed by atoms with van der Waals surface area (Å²) in [5.41, 5.74) is 1.93. The first-order valence-corrected chi connectivity index (χ1v) is 7.80. The quantitative estimate of drug-likeness (QED) is 0.745. The first-order chi connectivity index (χ1) is 10.2. The van der Waals surface area contributed by atoms with Crippen molar-refractivity contribution >= 4 is 11.6 Å². The van der Waals surface area contributed by atoms with Crippen LogP contribution in [0.5, 0.6) is 0 Å². The molecule has 0 aromatic heterocycles. The largest absolute Gasteiger partial charge is 0.310 e. The van der Waals surface area contributed by atoms with Crippen molar-refractivity contribution in [2.45, 2.75) is 32.2 Å². The van der Waals surface area contributed by atoms with Crippen LogP contribution in [-0.4, -0.2) is 6.54 Å². The lowest BCUT2D eigenvalue weighted by molar-refractivity contribution is 0.474. The molecule has 0 aliphatic heterocycles. The van der Waals surface area contributed by atoms with Crippen LogP contribution in [0.1, 0.15) is 36.9 Å². The SMILES string of the molecule is CCCNC(CCc1ccccc1)c1cc(Cl)ccc1F. The van der Waals surface area contributed by atoms with Gasteiger partial charge in [-0.1, -0.05) is 48.9 Å². The van der Waals surface area contributed by atoms with Crippen molar-refractivity contribution in [2.24, 2.45) is 0 Å². The maximum Gasteiger partial charge on any atom is 0.128 e. The van der Waals surface area contributed by atoms with Gasteiger partial charge in [-0.15, -0.1) is 0 Å². The van der Waals surface area contributed by atoms with Crippen LogP contribution in [0.15, 0.2) is 48.5 Å². The molecule has 2 aromatic carbocycles. The second kappa shape index (κ2) is 8.16. The van der Waals surface area contributed by atoms with E-state index in [1.165, 1.54) is 11.6 Å². The van der Waals surface area contributed by atoms with Gasteiger partial charge >= 0.3 is 0 Å². The molecule has 0 amide bonds. The average molecular weight is 306 g/mol. The van der Waals surface area contributed by atoms with Gasteiger partial charge in [0.2, 0.25) is 0 Å². The van der Waals surface area contributed by atoms with Gasteiger partial charge in [0.05, 0.1) is 0 Å². The fourth-order valence-electron chi connectivity index (χ4n) is 2.42. The molecular weight excluding hydrogens is 285 g/mol. The van der Waals surface area contributed by atoms with E-state index < -0.39 is 0 Å². The van der Waals surface area contributed by atoms with Crippen molar-refractivity contribution in [1.82, 2.24) is 5.32 Å². The molecule has 0 fully saturated rings. The Bertz CT molecular complexity index is 556. The number of nitrogens with one attached hydrogen (secondary N) is 1. The summed E-state index contributed by atoms with van der Waals surface area (Å²) in [6.07, 6.45) is 2.78. The fraction of sp³-hybridized carbons (Fsp3) is 0.333. The summed E-state index contributed by atoms with van der Waals surface area (Å²) >= 11 is 6.02. The van der Waals surface area contributed by atoms with E-state index in [1.54, 1.807) is 12.1 Å². The molecule has 0 radical (unpaired) electrons. The Labute approximate surface area is 131 Å². The van der Waals surface area contributed by atoms with Gasteiger partial charge in [0, 0.05) is 16.6 Å². The minimum absolute atomic E-state index is 0.0103. The summed E-state index contributed by atoms with van der Waals surface area (Å²) in [6.45, 7) is 2.97. The topological polar surface area (TPSA) is 12.0 Å². The van der Waals surface area contributed by atoms with E-state index in [-0.39, 0.29) is 11.9 Å². The number of hydrogen-bond acceptors (Lipinski definition) is 1. The molecular formula is C18H21ClFN. The van der Waals surface area contributed by atoms with Gasteiger partial charge in [-0.25, -0.2) is 4.39 Å². The number of benzene rings is 2. The number of rotatable bonds is 7. The predicted octanol–water partition coefficient (Wildman–Crippen LogP) is 5.15. The highest BCUT2D eigenvalue weighted by molar-refractivity contribution is 6.30. The maximum absolute atomic E-state index is 14.1. The Hall–Kier alpha value is -1.38. The predicted molar refractivity (Wildman–Crippen MR) is 87.2 cm³/mol. The summed E-state index contributed by atoms with van der Waals surface area (Å²) in [4.78, 5) is 0. The molecule has 0 saturated carbocycles. The van der Waals surface area contributed by atoms with E-state index in [0.717, 1.165) is 25.8 Å². The van der Waals surface area contributed by atoms with Crippen LogP contribution >= 0.6 is 11.6 Å². The minimum Gasteiger partial charge on any atom is -0.310 e. The molecule has 0 aliphatic carbocycles. The van der Waals surface area contributed by atoms with Gasteiger partial charge in [-0.3, -0.25) is 0 Å². The highest BCUT2D eigenvalue weighted by atomic mass is 35.5. The first kappa shape index (κ1) is 16.0. The highest BCUT2D eigenvalue weighted by Crippen LogP contribution is 2.25. The van der Waals surface area contributed by atoms with E-state index in [1.807, 2.05) is 18.2 Å². The van der Waals surface area contributed by atoms with Gasteiger partial charge < -0.3 is 5.32 Å². The van der Waals surface area contributed by atoms with E-state index in [2.05, 4.69) is 24.4 Å². The smallest absolute Gasteiger partial charge is 0.128 e. The summed E-state index contributed by atoms with van der Waals surface area (Å²) in [5, 5.41) is 4.00. The molecule has 112 valence electrons. The average Bonchev–Trinajstić information content (AvgIpc) is 2.51. The third-order valence-corrected chi connectivity index (χ3v) is 3.77. The number of halogens is 2. The van der Waals surface area contributed by atoms with Crippen LogP contribution < -0.4 is 5.32 Å². The Kier molecular flexibility index (Phi) is 6.21. The normalized spacial score (nSPS) is 12.3. The standard InChI is InChI=1S/C18H21ClFN/c1-2-12-21-18(11-8-14-6-4-3-5-7-14)16-13-15(19)9-10-17(16)20/h3-7,9-10,13,18,21H,2,8,11-12H2,1H3. The fourth-order valence-corrected chi connectivity index (χ4v) is 2.60. The van der Waals surface area contributed by atoms with E-state index in [4.69, 9.17) is 11.6 Å². The van der Waals surface area contributed by atoms with Crippen molar-refractivity contribution in [3.8, 4) is 0 Å². The molecule has 3 heteroatoms. The first-order valence-electron chi connectivity index (χ1n) is 7.43. The zero-order chi connectivity index (χ0) is 15.1. The lowest BCUT2D eigenvalue weighted by atomic mass is 9.98. The minimum atomic E-state index is -0.193. The molecule has 0 heterocycles. The maximum atomic E-state index is 14.1. The van der Waals surface area contributed by atoms with Gasteiger partial charge in [0.1, 0.15) is 5.82 Å². The van der Waals surface area contributed by atoms with Crippen LogP contribution in [0.2, 0.25) is 5.02 Å². The molecule has 2 aromatic rings. The molecule has 0 saturated heterocycles. The summed E-state index contributed by atoms with van der Waals surface area (Å²) in [6, 6.07) is 15.0. The zero-order valence-electron chi connectivity index (χ0n) is 12.3. The second-order valence-electron chi connectivity index (χ2n) is 5.20. The van der Waals surface area contributed by atoms with Crippen molar-refractivity contribution < 1.29 is 4.39 Å². The number of hydrogen-bond donors (Lipinski definition) is 1. The van der Waals surface area contributed by atoms with Crippen molar-refractivity contribution in [3.05, 3.63) is 70.5 Å². The monoisotopic (exact) mass is 305 g/mol. The van der Waals surface area contributed by atoms with Gasteiger partial charge in [0.25, 0.3) is 0 Å². The van der Waals surface area contributed by atoms with E-state index >= 15 is 0 Å². The van der Waals surface area contributed by atoms with E-state index in [0.29, 0.717) is 10.6 Å². The van der Waals surface area contributed by atoms with Crippen LogP contribution in [-0.2, 0) is 6.42 Å². The van der Waals surface area contributed by atoms with Crippen molar-refractivity contribution in [1.29, 1.82) is 0 Å². The molecule has 2 rings (SSSR count). The Morgan fingerprint density at radius 2 is 1.90 bits per heavy atom. The van der Waals surface area contributed by atoms with Gasteiger partial charge in [-0.2, -0.15) is 0 Å². The van der Waals surface area contributed by atoms with Crippen LogP contribution in [0, 0.1) is 5.82 Å². The molecule has 0 bridgehead atoms. The van der Waals surface area contributed by atoms with Gasteiger partial charge in [0.15, 0.2) is 0 Å². The van der Waals surface area contributed by atoms with E-state index in [9.17, 15) is 4.39 Å². The molecule has 1 unspecified atom stereocenters. The van der Waals surface area contributed by atoms with Crippen molar-refractivity contribution in [3.63, 3.8) is 0 Å². The van der Waals surface area contributed by atoms with Gasteiger partial charge in [-0.05, 0) is 49.6 Å². The lowest BCUT2D eigenvalue weighted by Gasteiger charge is -2.20. The van der Waals surface area contributed by atoms with Crippen molar-refractivity contribution in [2.75, 3.05) is 6.54 Å². The summed E-state index contributed by atoms with van der Waals surface area (Å²) < 4.78 is 14.1. The lowest BCUT2D eigenvalue weighted by Crippen LogP contribution is -2.23. The van der Waals surface area contributed by atoms with Crippen LogP contribution in [0.25, 0.3) is 0 Å². The third kappa shape index (κ3) is 4.83. The molecule has 1 nitrogen and oxygen atoms in total. The molecule has 1 N–H and O–H groups in total. The number of aryl methyl sites for hydroxylation is 1. The molecule has 0 spiro atoms. The summed E-state index contributed by atoms with van der Waals surface area (Å²) in [5.74, 6) is -0.193.